The molecule has 1 unspecified atom stereocenters. The Labute approximate surface area is 115 Å². The average Bonchev–Trinajstić information content (AvgIpc) is 2.95. The van der Waals surface area contributed by atoms with Crippen LogP contribution in [0.4, 0.5) is 0 Å². The summed E-state index contributed by atoms with van der Waals surface area (Å²) in [5.74, 6) is 1.69. The lowest BCUT2D eigenvalue weighted by molar-refractivity contribution is 0.311. The third-order valence-corrected chi connectivity index (χ3v) is 4.82. The van der Waals surface area contributed by atoms with E-state index in [0.717, 1.165) is 24.8 Å². The van der Waals surface area contributed by atoms with Crippen molar-refractivity contribution >= 4 is 11.3 Å². The monoisotopic (exact) mass is 266 g/mol. The van der Waals surface area contributed by atoms with Crippen LogP contribution in [-0.4, -0.2) is 17.6 Å². The number of hydrogen-bond donors (Lipinski definition) is 1. The second-order valence-corrected chi connectivity index (χ2v) is 6.99. The van der Waals surface area contributed by atoms with Crippen molar-refractivity contribution in [1.82, 2.24) is 10.3 Å². The van der Waals surface area contributed by atoms with E-state index in [1.54, 1.807) is 11.3 Å². The first-order chi connectivity index (χ1) is 8.65. The predicted molar refractivity (Wildman–Crippen MR) is 79.1 cm³/mol. The molecule has 2 rings (SSSR count). The van der Waals surface area contributed by atoms with Gasteiger partial charge in [-0.3, -0.25) is 0 Å². The average molecular weight is 266 g/mol. The minimum absolute atomic E-state index is 0.589. The minimum Gasteiger partial charge on any atom is -0.314 e. The molecule has 0 amide bonds. The third kappa shape index (κ3) is 4.06. The van der Waals surface area contributed by atoms with Gasteiger partial charge in [0.25, 0.3) is 0 Å². The molecular formula is C15H26N2S. The number of aryl methyl sites for hydroxylation is 1. The van der Waals surface area contributed by atoms with Crippen LogP contribution < -0.4 is 5.32 Å². The largest absolute Gasteiger partial charge is 0.314 e. The van der Waals surface area contributed by atoms with Crippen molar-refractivity contribution in [2.45, 2.75) is 58.9 Å². The van der Waals surface area contributed by atoms with E-state index >= 15 is 0 Å². The van der Waals surface area contributed by atoms with E-state index in [1.165, 1.54) is 36.4 Å². The van der Waals surface area contributed by atoms with Gasteiger partial charge in [-0.05, 0) is 31.7 Å². The fraction of sp³-hybridized carbons (Fsp3) is 0.800. The van der Waals surface area contributed by atoms with E-state index in [4.69, 9.17) is 0 Å². The zero-order valence-corrected chi connectivity index (χ0v) is 12.7. The van der Waals surface area contributed by atoms with Crippen molar-refractivity contribution in [3.63, 3.8) is 0 Å². The molecule has 1 heterocycles. The zero-order valence-electron chi connectivity index (χ0n) is 11.9. The summed E-state index contributed by atoms with van der Waals surface area (Å²) in [4.78, 5) is 4.64. The molecule has 0 spiro atoms. The summed E-state index contributed by atoms with van der Waals surface area (Å²) in [6.07, 6.45) is 6.87. The lowest BCUT2D eigenvalue weighted by Crippen LogP contribution is -2.33. The summed E-state index contributed by atoms with van der Waals surface area (Å²) in [6, 6.07) is 0.589. The molecule has 0 bridgehead atoms. The number of nitrogens with zero attached hydrogens (tertiary/aromatic N) is 1. The molecule has 1 saturated carbocycles. The summed E-state index contributed by atoms with van der Waals surface area (Å²) in [5, 5.41) is 7.07. The molecule has 3 heteroatoms. The first-order valence-electron chi connectivity index (χ1n) is 7.29. The van der Waals surface area contributed by atoms with Crippen molar-refractivity contribution in [2.24, 2.45) is 11.8 Å². The predicted octanol–water partition coefficient (Wildman–Crippen LogP) is 3.80. The van der Waals surface area contributed by atoms with Gasteiger partial charge in [0.05, 0.1) is 10.7 Å². The van der Waals surface area contributed by atoms with Crippen LogP contribution in [0.5, 0.6) is 0 Å². The normalized spacial score (nSPS) is 18.7. The van der Waals surface area contributed by atoms with Crippen molar-refractivity contribution in [1.29, 1.82) is 0 Å². The molecule has 1 aliphatic rings. The summed E-state index contributed by atoms with van der Waals surface area (Å²) < 4.78 is 0. The van der Waals surface area contributed by atoms with Crippen molar-refractivity contribution in [2.75, 3.05) is 6.54 Å². The molecule has 1 fully saturated rings. The van der Waals surface area contributed by atoms with Crippen LogP contribution in [0, 0.1) is 18.8 Å². The Balaban J connectivity index is 1.94. The molecular weight excluding hydrogens is 240 g/mol. The topological polar surface area (TPSA) is 24.9 Å². The van der Waals surface area contributed by atoms with Crippen LogP contribution >= 0.6 is 11.3 Å². The van der Waals surface area contributed by atoms with E-state index < -0.39 is 0 Å². The van der Waals surface area contributed by atoms with Gasteiger partial charge in [0.2, 0.25) is 0 Å². The maximum atomic E-state index is 4.64. The SMILES string of the molecule is Cc1nc(CC(CNC(C)C)C2CCCC2)cs1. The third-order valence-electron chi connectivity index (χ3n) is 3.99. The zero-order chi connectivity index (χ0) is 13.0. The maximum Gasteiger partial charge on any atom is 0.0897 e. The second-order valence-electron chi connectivity index (χ2n) is 5.93. The van der Waals surface area contributed by atoms with Gasteiger partial charge in [-0.15, -0.1) is 11.3 Å². The Kier molecular flexibility index (Phi) is 5.19. The molecule has 0 aromatic carbocycles. The molecule has 0 radical (unpaired) electrons. The first kappa shape index (κ1) is 14.0. The molecule has 102 valence electrons. The number of aromatic nitrogens is 1. The Morgan fingerprint density at radius 1 is 1.39 bits per heavy atom. The Bertz CT molecular complexity index is 353. The standard InChI is InChI=1S/C15H26N2S/c1-11(2)16-9-14(13-6-4-5-7-13)8-15-10-18-12(3)17-15/h10-11,13-14,16H,4-9H2,1-3H3. The summed E-state index contributed by atoms with van der Waals surface area (Å²) in [6.45, 7) is 7.72. The van der Waals surface area contributed by atoms with Crippen LogP contribution in [0.25, 0.3) is 0 Å². The highest BCUT2D eigenvalue weighted by Crippen LogP contribution is 2.33. The van der Waals surface area contributed by atoms with Gasteiger partial charge in [0.1, 0.15) is 0 Å². The molecule has 18 heavy (non-hydrogen) atoms. The van der Waals surface area contributed by atoms with Crippen LogP contribution in [0.15, 0.2) is 5.38 Å². The maximum absolute atomic E-state index is 4.64. The molecule has 1 atom stereocenters. The number of thiazole rings is 1. The molecule has 1 aromatic heterocycles. The highest BCUT2D eigenvalue weighted by atomic mass is 32.1. The van der Waals surface area contributed by atoms with Gasteiger partial charge in [-0.1, -0.05) is 39.5 Å². The molecule has 1 aliphatic carbocycles. The van der Waals surface area contributed by atoms with Crippen LogP contribution in [0.2, 0.25) is 0 Å². The Morgan fingerprint density at radius 2 is 2.11 bits per heavy atom. The fourth-order valence-electron chi connectivity index (χ4n) is 2.99. The van der Waals surface area contributed by atoms with Gasteiger partial charge < -0.3 is 5.32 Å². The van der Waals surface area contributed by atoms with E-state index in [9.17, 15) is 0 Å². The smallest absolute Gasteiger partial charge is 0.0897 e. The van der Waals surface area contributed by atoms with Gasteiger partial charge in [0.15, 0.2) is 0 Å². The minimum atomic E-state index is 0.589. The molecule has 1 aromatic rings. The number of hydrogen-bond acceptors (Lipinski definition) is 3. The fourth-order valence-corrected chi connectivity index (χ4v) is 3.62. The van der Waals surface area contributed by atoms with Crippen molar-refractivity contribution in [3.05, 3.63) is 16.1 Å². The molecule has 1 N–H and O–H groups in total. The highest BCUT2D eigenvalue weighted by Gasteiger charge is 2.25. The van der Waals surface area contributed by atoms with Gasteiger partial charge in [-0.2, -0.15) is 0 Å². The lowest BCUT2D eigenvalue weighted by atomic mass is 9.87. The summed E-state index contributed by atoms with van der Waals surface area (Å²) >= 11 is 1.78. The van der Waals surface area contributed by atoms with E-state index in [2.05, 4.69) is 36.5 Å². The summed E-state index contributed by atoms with van der Waals surface area (Å²) in [7, 11) is 0. The molecule has 2 nitrogen and oxygen atoms in total. The molecule has 0 aliphatic heterocycles. The van der Waals surface area contributed by atoms with Gasteiger partial charge in [0, 0.05) is 11.4 Å². The quantitative estimate of drug-likeness (QED) is 0.847. The van der Waals surface area contributed by atoms with Crippen LogP contribution in [-0.2, 0) is 6.42 Å². The number of nitrogens with one attached hydrogen (secondary N) is 1. The van der Waals surface area contributed by atoms with Crippen LogP contribution in [0.1, 0.15) is 50.2 Å². The second kappa shape index (κ2) is 6.67. The summed E-state index contributed by atoms with van der Waals surface area (Å²) in [5.41, 5.74) is 1.31. The van der Waals surface area contributed by atoms with Gasteiger partial charge in [-0.25, -0.2) is 4.98 Å². The van der Waals surface area contributed by atoms with E-state index in [-0.39, 0.29) is 0 Å². The number of rotatable bonds is 6. The molecule has 0 saturated heterocycles. The Morgan fingerprint density at radius 3 is 2.67 bits per heavy atom. The van der Waals surface area contributed by atoms with Crippen molar-refractivity contribution < 1.29 is 0 Å². The first-order valence-corrected chi connectivity index (χ1v) is 8.17. The van der Waals surface area contributed by atoms with Crippen molar-refractivity contribution in [3.8, 4) is 0 Å². The Hall–Kier alpha value is -0.410. The lowest BCUT2D eigenvalue weighted by Gasteiger charge is -2.24. The van der Waals surface area contributed by atoms with Crippen LogP contribution in [0.3, 0.4) is 0 Å². The van der Waals surface area contributed by atoms with Gasteiger partial charge >= 0.3 is 0 Å². The highest BCUT2D eigenvalue weighted by molar-refractivity contribution is 7.09. The van der Waals surface area contributed by atoms with E-state index in [1.807, 2.05) is 0 Å². The van der Waals surface area contributed by atoms with E-state index in [0.29, 0.717) is 6.04 Å².